The van der Waals surface area contributed by atoms with Crippen molar-refractivity contribution in [1.29, 1.82) is 0 Å². The van der Waals surface area contributed by atoms with Gasteiger partial charge in [-0.1, -0.05) is 0 Å². The molecule has 0 rings (SSSR count). The monoisotopic (exact) mass is 496 g/mol. The summed E-state index contributed by atoms with van der Waals surface area (Å²) in [6.07, 6.45) is 0. The fourth-order valence-corrected chi connectivity index (χ4v) is 0. The standard InChI is InChI=1S/Ce.5ClH.Ta/h;5*1H;/q+3;;;;;;+5/p-5. The van der Waals surface area contributed by atoms with Gasteiger partial charge in [0.15, 0.2) is 0 Å². The van der Waals surface area contributed by atoms with Gasteiger partial charge in [-0.2, -0.15) is 0 Å². The minimum absolute atomic E-state index is 0. The molecule has 0 nitrogen and oxygen atoms in total. The van der Waals surface area contributed by atoms with E-state index in [9.17, 15) is 0 Å². The minimum Gasteiger partial charge on any atom is -1.00 e. The molecule has 0 fully saturated rings. The molecule has 0 unspecified atom stereocenters. The van der Waals surface area contributed by atoms with Gasteiger partial charge in [-0.3, -0.25) is 0 Å². The summed E-state index contributed by atoms with van der Waals surface area (Å²) in [5.74, 6) is 0. The maximum atomic E-state index is 0. The van der Waals surface area contributed by atoms with Crippen molar-refractivity contribution in [2.24, 2.45) is 0 Å². The van der Waals surface area contributed by atoms with Crippen LogP contribution in [0.3, 0.4) is 0 Å². The summed E-state index contributed by atoms with van der Waals surface area (Å²) >= 11 is 0. The van der Waals surface area contributed by atoms with E-state index in [4.69, 9.17) is 0 Å². The molecule has 0 atom stereocenters. The first-order valence-corrected chi connectivity index (χ1v) is 0. The van der Waals surface area contributed by atoms with Crippen LogP contribution >= 0.6 is 0 Å². The molecule has 1 radical (unpaired) electrons. The van der Waals surface area contributed by atoms with Crippen LogP contribution in [0.1, 0.15) is 0 Å². The van der Waals surface area contributed by atoms with Crippen LogP contribution in [0.4, 0.5) is 0 Å². The minimum atomic E-state index is 0. The molecule has 0 amide bonds. The second-order valence-electron chi connectivity index (χ2n) is 0. The average Bonchev–Trinajstić information content (AvgIpc) is 0. The van der Waals surface area contributed by atoms with Gasteiger partial charge >= 0.3 is 64.1 Å². The molecule has 41 valence electrons. The molecule has 0 N–H and O–H groups in total. The van der Waals surface area contributed by atoms with Gasteiger partial charge in [0.2, 0.25) is 0 Å². The first kappa shape index (κ1) is 76.0. The second-order valence-corrected chi connectivity index (χ2v) is 0. The molecule has 7 heteroatoms. The zero-order valence-corrected chi connectivity index (χ0v) is 13.0. The van der Waals surface area contributed by atoms with Gasteiger partial charge < -0.3 is 62.0 Å². The molecule has 0 saturated carbocycles. The summed E-state index contributed by atoms with van der Waals surface area (Å²) in [6, 6.07) is 0. The van der Waals surface area contributed by atoms with Crippen LogP contribution in [-0.4, -0.2) is 0 Å². The Kier molecular flexibility index (Phi) is 599. The number of halogens is 5. The molecule has 0 aromatic rings. The quantitative estimate of drug-likeness (QED) is 0.312. The molecule has 0 aromatic heterocycles. The first-order chi connectivity index (χ1) is 0. The molecular formula is CeCl5Ta+3. The zero-order chi connectivity index (χ0) is 0. The van der Waals surface area contributed by atoms with Crippen LogP contribution in [0.5, 0.6) is 0 Å². The Balaban J connectivity index is 0. The Bertz CT molecular complexity index is 8.04. The van der Waals surface area contributed by atoms with E-state index in [0.717, 1.165) is 0 Å². The summed E-state index contributed by atoms with van der Waals surface area (Å²) in [5, 5.41) is 0. The van der Waals surface area contributed by atoms with Crippen molar-refractivity contribution < 1.29 is 126 Å². The van der Waals surface area contributed by atoms with E-state index in [1.165, 1.54) is 0 Å². The van der Waals surface area contributed by atoms with Crippen LogP contribution in [-0.2, 0) is 22.4 Å². The van der Waals surface area contributed by atoms with Crippen molar-refractivity contribution in [3.05, 3.63) is 0 Å². The molecule has 0 aliphatic carbocycles. The van der Waals surface area contributed by atoms with Crippen LogP contribution in [0.2, 0.25) is 0 Å². The van der Waals surface area contributed by atoms with Crippen LogP contribution in [0.15, 0.2) is 0 Å². The fraction of sp³-hybridized carbons (Fsp3) is 0. The third kappa shape index (κ3) is 43.1. The van der Waals surface area contributed by atoms with Gasteiger partial charge in [0.25, 0.3) is 0 Å². The molecular weight excluding hydrogens is 498 g/mol. The topological polar surface area (TPSA) is 0 Å². The normalized spacial score (nSPS) is 0. The molecule has 0 aliphatic rings. The van der Waals surface area contributed by atoms with Gasteiger partial charge in [0.05, 0.1) is 0 Å². The summed E-state index contributed by atoms with van der Waals surface area (Å²) in [4.78, 5) is 0. The smallest absolute Gasteiger partial charge is 1.00 e. The molecule has 7 heavy (non-hydrogen) atoms. The maximum Gasteiger partial charge on any atom is 5.00 e. The van der Waals surface area contributed by atoms with Crippen molar-refractivity contribution in [2.45, 2.75) is 0 Å². The van der Waals surface area contributed by atoms with Crippen molar-refractivity contribution >= 4 is 0 Å². The van der Waals surface area contributed by atoms with Crippen LogP contribution < -0.4 is 62.0 Å². The van der Waals surface area contributed by atoms with Gasteiger partial charge in [-0.25, -0.2) is 0 Å². The van der Waals surface area contributed by atoms with Gasteiger partial charge in [0, 0.05) is 0 Å². The predicted molar refractivity (Wildman–Crippen MR) is 0 cm³/mol. The number of hydrogen-bond acceptors (Lipinski definition) is 0. The van der Waals surface area contributed by atoms with Gasteiger partial charge in [-0.05, 0) is 0 Å². The summed E-state index contributed by atoms with van der Waals surface area (Å²) in [7, 11) is 0. The van der Waals surface area contributed by atoms with Gasteiger partial charge in [-0.15, -0.1) is 0 Å². The SMILES string of the molecule is [Ce+3].[Cl-].[Cl-].[Cl-].[Cl-].[Cl-].[Ta+5]. The third-order valence-electron chi connectivity index (χ3n) is 0. The summed E-state index contributed by atoms with van der Waals surface area (Å²) in [5.41, 5.74) is 0. The van der Waals surface area contributed by atoms with Crippen LogP contribution in [0, 0.1) is 41.7 Å². The molecule has 0 spiro atoms. The predicted octanol–water partition coefficient (Wildman–Crippen LogP) is -15.0. The molecule has 0 bridgehead atoms. The van der Waals surface area contributed by atoms with E-state index < -0.39 is 0 Å². The van der Waals surface area contributed by atoms with E-state index >= 15 is 0 Å². The van der Waals surface area contributed by atoms with Crippen molar-refractivity contribution in [2.75, 3.05) is 0 Å². The van der Waals surface area contributed by atoms with E-state index in [2.05, 4.69) is 0 Å². The molecule has 0 saturated heterocycles. The van der Waals surface area contributed by atoms with Gasteiger partial charge in [0.1, 0.15) is 0 Å². The third-order valence-corrected chi connectivity index (χ3v) is 0. The largest absolute Gasteiger partial charge is 5.00 e. The summed E-state index contributed by atoms with van der Waals surface area (Å²) in [6.45, 7) is 0. The second kappa shape index (κ2) is 55.2. The van der Waals surface area contributed by atoms with E-state index in [1.807, 2.05) is 0 Å². The van der Waals surface area contributed by atoms with Crippen LogP contribution in [0.25, 0.3) is 0 Å². The maximum absolute atomic E-state index is 0. The van der Waals surface area contributed by atoms with Crippen molar-refractivity contribution in [3.8, 4) is 0 Å². The first-order valence-electron chi connectivity index (χ1n) is 0. The number of hydrogen-bond donors (Lipinski definition) is 0. The van der Waals surface area contributed by atoms with Crippen molar-refractivity contribution in [1.82, 2.24) is 0 Å². The van der Waals surface area contributed by atoms with E-state index in [1.54, 1.807) is 0 Å². The zero-order valence-electron chi connectivity index (χ0n) is 2.84. The molecule has 0 heterocycles. The fourth-order valence-electron chi connectivity index (χ4n) is 0. The Morgan fingerprint density at radius 3 is 0.429 bits per heavy atom. The van der Waals surface area contributed by atoms with E-state index in [0.29, 0.717) is 0 Å². The van der Waals surface area contributed by atoms with E-state index in [-0.39, 0.29) is 126 Å². The molecule has 0 aliphatic heterocycles. The Hall–Kier alpha value is 3.57. The average molecular weight is 498 g/mol. The van der Waals surface area contributed by atoms with Crippen molar-refractivity contribution in [3.63, 3.8) is 0 Å². The Morgan fingerprint density at radius 2 is 0.429 bits per heavy atom. The number of rotatable bonds is 0. The molecule has 0 aromatic carbocycles. The Labute approximate surface area is 124 Å². The Morgan fingerprint density at radius 1 is 0.429 bits per heavy atom. The summed E-state index contributed by atoms with van der Waals surface area (Å²) < 4.78 is 0.